The molecular weight excluding hydrogens is 229 g/mol. The van der Waals surface area contributed by atoms with Crippen LogP contribution in [-0.4, -0.2) is 42.9 Å². The molecule has 0 unspecified atom stereocenters. The van der Waals surface area contributed by atoms with E-state index in [4.69, 9.17) is 4.84 Å². The lowest BCUT2D eigenvalue weighted by Gasteiger charge is -2.24. The van der Waals surface area contributed by atoms with Crippen LogP contribution in [0.4, 0.5) is 4.39 Å². The summed E-state index contributed by atoms with van der Waals surface area (Å²) in [7, 11) is 1.22. The van der Waals surface area contributed by atoms with Gasteiger partial charge < -0.3 is 9.57 Å². The zero-order chi connectivity index (χ0) is 13.2. The fraction of sp³-hybridized carbons (Fsp3) is 0.818. The fourth-order valence-corrected chi connectivity index (χ4v) is 1.45. The van der Waals surface area contributed by atoms with E-state index in [1.54, 1.807) is 20.8 Å². The quantitative estimate of drug-likeness (QED) is 0.683. The third-order valence-corrected chi connectivity index (χ3v) is 2.49. The molecule has 1 rings (SSSR count). The third-order valence-electron chi connectivity index (χ3n) is 2.49. The molecule has 1 aliphatic heterocycles. The SMILES string of the molecule is COC(=O)[C@@H]1C[C@H](F)CN1OC(=O)C(C)(C)C. The summed E-state index contributed by atoms with van der Waals surface area (Å²) < 4.78 is 17.8. The Balaban J connectivity index is 2.69. The van der Waals surface area contributed by atoms with Gasteiger partial charge in [0.05, 0.1) is 19.1 Å². The Bertz CT molecular complexity index is 313. The number of alkyl halides is 1. The lowest BCUT2D eigenvalue weighted by molar-refractivity contribution is -0.208. The van der Waals surface area contributed by atoms with E-state index in [1.807, 2.05) is 0 Å². The molecule has 0 aromatic carbocycles. The van der Waals surface area contributed by atoms with Crippen molar-refractivity contribution in [3.8, 4) is 0 Å². The topological polar surface area (TPSA) is 55.8 Å². The van der Waals surface area contributed by atoms with Gasteiger partial charge in [-0.15, -0.1) is 5.06 Å². The van der Waals surface area contributed by atoms with Crippen LogP contribution in [0.2, 0.25) is 0 Å². The summed E-state index contributed by atoms with van der Waals surface area (Å²) in [4.78, 5) is 28.1. The number of methoxy groups -OCH3 is 1. The number of halogens is 1. The van der Waals surface area contributed by atoms with Crippen molar-refractivity contribution in [2.75, 3.05) is 13.7 Å². The van der Waals surface area contributed by atoms with Crippen molar-refractivity contribution in [1.29, 1.82) is 0 Å². The summed E-state index contributed by atoms with van der Waals surface area (Å²) in [5, 5.41) is 1.07. The van der Waals surface area contributed by atoms with Crippen LogP contribution in [0, 0.1) is 5.41 Å². The van der Waals surface area contributed by atoms with Crippen LogP contribution < -0.4 is 0 Å². The maximum Gasteiger partial charge on any atom is 0.330 e. The number of hydrogen-bond donors (Lipinski definition) is 0. The Morgan fingerprint density at radius 3 is 2.41 bits per heavy atom. The third kappa shape index (κ3) is 3.39. The molecule has 2 atom stereocenters. The van der Waals surface area contributed by atoms with Crippen LogP contribution in [0.3, 0.4) is 0 Å². The summed E-state index contributed by atoms with van der Waals surface area (Å²) in [5.41, 5.74) is -0.699. The van der Waals surface area contributed by atoms with Gasteiger partial charge >= 0.3 is 11.9 Å². The average Bonchev–Trinajstić information content (AvgIpc) is 2.57. The lowest BCUT2D eigenvalue weighted by atomic mass is 9.98. The van der Waals surface area contributed by atoms with E-state index < -0.39 is 29.6 Å². The van der Waals surface area contributed by atoms with Crippen molar-refractivity contribution >= 4 is 11.9 Å². The van der Waals surface area contributed by atoms with Crippen LogP contribution >= 0.6 is 0 Å². The molecule has 0 aromatic heterocycles. The molecular formula is C11H18FNO4. The van der Waals surface area contributed by atoms with E-state index >= 15 is 0 Å². The summed E-state index contributed by atoms with van der Waals surface area (Å²) in [6.45, 7) is 4.96. The number of ether oxygens (including phenoxy) is 1. The number of carbonyl (C=O) groups is 2. The molecule has 0 aliphatic carbocycles. The smallest absolute Gasteiger partial charge is 0.330 e. The molecule has 0 saturated carbocycles. The first-order chi connectivity index (χ1) is 7.75. The van der Waals surface area contributed by atoms with Crippen molar-refractivity contribution in [1.82, 2.24) is 5.06 Å². The van der Waals surface area contributed by atoms with Crippen molar-refractivity contribution in [3.05, 3.63) is 0 Å². The Hall–Kier alpha value is -1.17. The molecule has 0 aromatic rings. The van der Waals surface area contributed by atoms with Crippen molar-refractivity contribution in [2.45, 2.75) is 39.4 Å². The zero-order valence-corrected chi connectivity index (χ0v) is 10.5. The molecule has 1 saturated heterocycles. The minimum Gasteiger partial charge on any atom is -0.468 e. The minimum atomic E-state index is -1.19. The molecule has 6 heteroatoms. The molecule has 5 nitrogen and oxygen atoms in total. The lowest BCUT2D eigenvalue weighted by Crippen LogP contribution is -2.41. The normalized spacial score (nSPS) is 25.7. The minimum absolute atomic E-state index is 0.00983. The van der Waals surface area contributed by atoms with Gasteiger partial charge in [0.2, 0.25) is 0 Å². The Labute approximate surface area is 99.8 Å². The summed E-state index contributed by atoms with van der Waals surface area (Å²) in [5.74, 6) is -1.09. The van der Waals surface area contributed by atoms with E-state index in [0.717, 1.165) is 5.06 Å². The number of rotatable bonds is 2. The molecule has 1 heterocycles. The number of hydroxylamine groups is 2. The predicted molar refractivity (Wildman–Crippen MR) is 57.6 cm³/mol. The largest absolute Gasteiger partial charge is 0.468 e. The fourth-order valence-electron chi connectivity index (χ4n) is 1.45. The van der Waals surface area contributed by atoms with Gasteiger partial charge in [0.15, 0.2) is 0 Å². The van der Waals surface area contributed by atoms with E-state index in [1.165, 1.54) is 7.11 Å². The zero-order valence-electron chi connectivity index (χ0n) is 10.5. The maximum atomic E-state index is 13.2. The molecule has 0 amide bonds. The number of nitrogens with zero attached hydrogens (tertiary/aromatic N) is 1. The predicted octanol–water partition coefficient (Wildman–Crippen LogP) is 1.08. The highest BCUT2D eigenvalue weighted by molar-refractivity contribution is 5.78. The molecule has 17 heavy (non-hydrogen) atoms. The van der Waals surface area contributed by atoms with Gasteiger partial charge in [-0.3, -0.25) is 4.79 Å². The van der Waals surface area contributed by atoms with Gasteiger partial charge in [0.1, 0.15) is 12.2 Å². The summed E-state index contributed by atoms with van der Waals surface area (Å²) >= 11 is 0. The second-order valence-corrected chi connectivity index (χ2v) is 5.10. The molecule has 98 valence electrons. The number of esters is 1. The van der Waals surface area contributed by atoms with Gasteiger partial charge in [-0.2, -0.15) is 0 Å². The van der Waals surface area contributed by atoms with Crippen molar-refractivity contribution in [2.24, 2.45) is 5.41 Å². The van der Waals surface area contributed by atoms with Crippen molar-refractivity contribution < 1.29 is 23.6 Å². The van der Waals surface area contributed by atoms with Crippen LogP contribution in [0.25, 0.3) is 0 Å². The Kier molecular flexibility index (Phi) is 4.08. The van der Waals surface area contributed by atoms with Gasteiger partial charge in [0, 0.05) is 6.42 Å². The molecule has 1 fully saturated rings. The Morgan fingerprint density at radius 2 is 1.94 bits per heavy atom. The summed E-state index contributed by atoms with van der Waals surface area (Å²) in [6, 6.07) is -0.846. The first-order valence-corrected chi connectivity index (χ1v) is 5.46. The van der Waals surface area contributed by atoms with Gasteiger partial charge in [-0.25, -0.2) is 9.18 Å². The monoisotopic (exact) mass is 247 g/mol. The van der Waals surface area contributed by atoms with Crippen LogP contribution in [0.1, 0.15) is 27.2 Å². The van der Waals surface area contributed by atoms with Gasteiger partial charge in [0.25, 0.3) is 0 Å². The highest BCUT2D eigenvalue weighted by atomic mass is 19.1. The highest BCUT2D eigenvalue weighted by Gasteiger charge is 2.41. The molecule has 1 aliphatic rings. The standard InChI is InChI=1S/C11H18FNO4/c1-11(2,3)10(15)17-13-6-7(12)5-8(13)9(14)16-4/h7-8H,5-6H2,1-4H3/t7-,8-/m0/s1. The molecule has 0 N–H and O–H groups in total. The maximum absolute atomic E-state index is 13.2. The summed E-state index contributed by atoms with van der Waals surface area (Å²) in [6.07, 6.45) is -1.20. The second-order valence-electron chi connectivity index (χ2n) is 5.10. The first-order valence-electron chi connectivity index (χ1n) is 5.46. The van der Waals surface area contributed by atoms with Crippen molar-refractivity contribution in [3.63, 3.8) is 0 Å². The van der Waals surface area contributed by atoms with E-state index in [-0.39, 0.29) is 13.0 Å². The van der Waals surface area contributed by atoms with E-state index in [9.17, 15) is 14.0 Å². The van der Waals surface area contributed by atoms with Crippen LogP contribution in [-0.2, 0) is 19.2 Å². The molecule has 0 radical (unpaired) electrons. The van der Waals surface area contributed by atoms with E-state index in [2.05, 4.69) is 4.74 Å². The average molecular weight is 247 g/mol. The van der Waals surface area contributed by atoms with Crippen LogP contribution in [0.5, 0.6) is 0 Å². The first kappa shape index (κ1) is 13.9. The van der Waals surface area contributed by atoms with E-state index in [0.29, 0.717) is 0 Å². The molecule has 0 spiro atoms. The number of carbonyl (C=O) groups excluding carboxylic acids is 2. The second kappa shape index (κ2) is 5.00. The van der Waals surface area contributed by atoms with Gasteiger partial charge in [-0.05, 0) is 20.8 Å². The van der Waals surface area contributed by atoms with Gasteiger partial charge in [-0.1, -0.05) is 0 Å². The number of hydrogen-bond acceptors (Lipinski definition) is 5. The van der Waals surface area contributed by atoms with Crippen LogP contribution in [0.15, 0.2) is 0 Å². The molecule has 0 bridgehead atoms. The highest BCUT2D eigenvalue weighted by Crippen LogP contribution is 2.24. The Morgan fingerprint density at radius 1 is 1.35 bits per heavy atom.